The molecule has 8 heteroatoms. The number of methoxy groups -OCH3 is 1. The number of aromatic nitrogens is 2. The molecule has 0 saturated carbocycles. The summed E-state index contributed by atoms with van der Waals surface area (Å²) in [5.41, 5.74) is 3.23. The van der Waals surface area contributed by atoms with E-state index in [1.54, 1.807) is 54.3 Å². The van der Waals surface area contributed by atoms with Crippen molar-refractivity contribution in [3.8, 4) is 22.7 Å². The molecule has 4 rings (SSSR count). The van der Waals surface area contributed by atoms with Crippen LogP contribution < -0.4 is 4.74 Å². The van der Waals surface area contributed by atoms with Gasteiger partial charge in [-0.1, -0.05) is 53.0 Å². The molecule has 0 aliphatic carbocycles. The quantitative estimate of drug-likeness (QED) is 0.287. The second-order valence-electron chi connectivity index (χ2n) is 7.07. The van der Waals surface area contributed by atoms with E-state index in [0.29, 0.717) is 37.8 Å². The first-order valence-electron chi connectivity index (χ1n) is 9.76. The van der Waals surface area contributed by atoms with E-state index >= 15 is 0 Å². The third kappa shape index (κ3) is 5.06. The number of carboxylic acids is 1. The van der Waals surface area contributed by atoms with Crippen LogP contribution in [0, 0.1) is 0 Å². The minimum absolute atomic E-state index is 0.0672. The standard InChI is InChI=1S/C25H17Cl3N2O3/c1-33-20-8-6-19(7-9-20)30-24(16-5-10-22(27)23(28)12-16)14-18(29-30)13-21(25(31)32)15-3-2-4-17(26)11-15/h2-14H,1H3,(H,31,32)/b21-13+. The molecule has 4 aromatic rings. The molecule has 0 atom stereocenters. The van der Waals surface area contributed by atoms with Crippen molar-refractivity contribution < 1.29 is 14.6 Å². The van der Waals surface area contributed by atoms with Crippen molar-refractivity contribution in [2.24, 2.45) is 0 Å². The van der Waals surface area contributed by atoms with Crippen LogP contribution in [0.25, 0.3) is 28.6 Å². The van der Waals surface area contributed by atoms with Crippen molar-refractivity contribution in [2.75, 3.05) is 7.11 Å². The lowest BCUT2D eigenvalue weighted by Crippen LogP contribution is -2.01. The molecule has 1 aromatic heterocycles. The summed E-state index contributed by atoms with van der Waals surface area (Å²) in [5.74, 6) is -0.386. The van der Waals surface area contributed by atoms with Gasteiger partial charge in [0.2, 0.25) is 0 Å². The Morgan fingerprint density at radius 2 is 1.73 bits per heavy atom. The van der Waals surface area contributed by atoms with E-state index in [2.05, 4.69) is 5.10 Å². The highest BCUT2D eigenvalue weighted by Gasteiger charge is 2.16. The van der Waals surface area contributed by atoms with Crippen LogP contribution in [0.3, 0.4) is 0 Å². The number of rotatable bonds is 6. The molecule has 0 fully saturated rings. The Bertz CT molecular complexity index is 1360. The van der Waals surface area contributed by atoms with Gasteiger partial charge in [-0.15, -0.1) is 0 Å². The molecule has 0 aliphatic rings. The zero-order valence-corrected chi connectivity index (χ0v) is 19.6. The molecule has 0 bridgehead atoms. The number of carboxylic acid groups (broad SMARTS) is 1. The van der Waals surface area contributed by atoms with E-state index < -0.39 is 5.97 Å². The van der Waals surface area contributed by atoms with Gasteiger partial charge >= 0.3 is 5.97 Å². The summed E-state index contributed by atoms with van der Waals surface area (Å²) in [6, 6.07) is 21.1. The van der Waals surface area contributed by atoms with Gasteiger partial charge in [-0.25, -0.2) is 9.48 Å². The normalized spacial score (nSPS) is 11.5. The largest absolute Gasteiger partial charge is 0.497 e. The summed E-state index contributed by atoms with van der Waals surface area (Å²) in [6.07, 6.45) is 1.51. The summed E-state index contributed by atoms with van der Waals surface area (Å²) in [6.45, 7) is 0. The molecule has 3 aromatic carbocycles. The van der Waals surface area contributed by atoms with Crippen LogP contribution >= 0.6 is 34.8 Å². The lowest BCUT2D eigenvalue weighted by molar-refractivity contribution is -0.130. The lowest BCUT2D eigenvalue weighted by Gasteiger charge is -2.09. The smallest absolute Gasteiger partial charge is 0.336 e. The molecule has 0 saturated heterocycles. The van der Waals surface area contributed by atoms with Crippen LogP contribution in [-0.4, -0.2) is 28.0 Å². The Hall–Kier alpha value is -3.25. The summed E-state index contributed by atoms with van der Waals surface area (Å²) in [4.78, 5) is 12.0. The average molecular weight is 500 g/mol. The molecule has 1 heterocycles. The van der Waals surface area contributed by atoms with E-state index in [1.807, 2.05) is 30.3 Å². The number of aliphatic carboxylic acids is 1. The fraction of sp³-hybridized carbons (Fsp3) is 0.0400. The summed E-state index contributed by atoms with van der Waals surface area (Å²) < 4.78 is 6.95. The fourth-order valence-electron chi connectivity index (χ4n) is 3.32. The van der Waals surface area contributed by atoms with Crippen LogP contribution in [0.4, 0.5) is 0 Å². The predicted octanol–water partition coefficient (Wildman–Crippen LogP) is 7.13. The second kappa shape index (κ2) is 9.71. The first kappa shape index (κ1) is 22.9. The van der Waals surface area contributed by atoms with Gasteiger partial charge in [0.15, 0.2) is 0 Å². The summed E-state index contributed by atoms with van der Waals surface area (Å²) >= 11 is 18.4. The van der Waals surface area contributed by atoms with Gasteiger partial charge in [0.05, 0.1) is 39.8 Å². The topological polar surface area (TPSA) is 64.4 Å². The van der Waals surface area contributed by atoms with Crippen molar-refractivity contribution in [3.63, 3.8) is 0 Å². The fourth-order valence-corrected chi connectivity index (χ4v) is 3.81. The number of hydrogen-bond acceptors (Lipinski definition) is 3. The summed E-state index contributed by atoms with van der Waals surface area (Å²) in [5, 5.41) is 15.8. The van der Waals surface area contributed by atoms with E-state index in [9.17, 15) is 9.90 Å². The SMILES string of the molecule is COc1ccc(-n2nc(/C=C(/C(=O)O)c3cccc(Cl)c3)cc2-c2ccc(Cl)c(Cl)c2)cc1. The molecule has 5 nitrogen and oxygen atoms in total. The highest BCUT2D eigenvalue weighted by molar-refractivity contribution is 6.42. The molecule has 1 N–H and O–H groups in total. The molecular formula is C25H17Cl3N2O3. The van der Waals surface area contributed by atoms with Crippen molar-refractivity contribution in [2.45, 2.75) is 0 Å². The van der Waals surface area contributed by atoms with Crippen molar-refractivity contribution in [1.29, 1.82) is 0 Å². The third-order valence-electron chi connectivity index (χ3n) is 4.92. The maximum atomic E-state index is 12.0. The average Bonchev–Trinajstić information content (AvgIpc) is 3.23. The van der Waals surface area contributed by atoms with E-state index in [1.165, 1.54) is 6.08 Å². The molecule has 0 amide bonds. The number of carbonyl (C=O) groups is 1. The molecule has 166 valence electrons. The Kier molecular flexibility index (Phi) is 6.75. The minimum atomic E-state index is -1.09. The van der Waals surface area contributed by atoms with E-state index in [-0.39, 0.29) is 5.57 Å². The first-order valence-corrected chi connectivity index (χ1v) is 10.9. The molecule has 0 unspecified atom stereocenters. The van der Waals surface area contributed by atoms with Crippen LogP contribution in [0.1, 0.15) is 11.3 Å². The zero-order valence-electron chi connectivity index (χ0n) is 17.3. The lowest BCUT2D eigenvalue weighted by atomic mass is 10.0. The third-order valence-corrected chi connectivity index (χ3v) is 5.89. The van der Waals surface area contributed by atoms with Crippen molar-refractivity contribution in [3.05, 3.63) is 99.1 Å². The van der Waals surface area contributed by atoms with Crippen molar-refractivity contribution >= 4 is 52.4 Å². The Morgan fingerprint density at radius 1 is 0.970 bits per heavy atom. The van der Waals surface area contributed by atoms with Gasteiger partial charge in [0.1, 0.15) is 5.75 Å². The molecule has 33 heavy (non-hydrogen) atoms. The molecule has 0 spiro atoms. The minimum Gasteiger partial charge on any atom is -0.497 e. The van der Waals surface area contributed by atoms with Gasteiger partial charge in [-0.05, 0) is 66.2 Å². The summed E-state index contributed by atoms with van der Waals surface area (Å²) in [7, 11) is 1.59. The van der Waals surface area contributed by atoms with Crippen LogP contribution in [0.5, 0.6) is 5.75 Å². The highest BCUT2D eigenvalue weighted by Crippen LogP contribution is 2.32. The Labute approximate surface area is 205 Å². The number of nitrogens with zero attached hydrogens (tertiary/aromatic N) is 2. The van der Waals surface area contributed by atoms with E-state index in [0.717, 1.165) is 11.3 Å². The van der Waals surface area contributed by atoms with Crippen LogP contribution in [-0.2, 0) is 4.79 Å². The number of halogens is 3. The predicted molar refractivity (Wildman–Crippen MR) is 133 cm³/mol. The van der Waals surface area contributed by atoms with E-state index in [4.69, 9.17) is 39.5 Å². The molecule has 0 radical (unpaired) electrons. The monoisotopic (exact) mass is 498 g/mol. The zero-order chi connectivity index (χ0) is 23.5. The Morgan fingerprint density at radius 3 is 2.36 bits per heavy atom. The van der Waals surface area contributed by atoms with Gasteiger partial charge in [-0.3, -0.25) is 0 Å². The van der Waals surface area contributed by atoms with Gasteiger partial charge in [-0.2, -0.15) is 5.10 Å². The highest BCUT2D eigenvalue weighted by atomic mass is 35.5. The van der Waals surface area contributed by atoms with Crippen LogP contribution in [0.15, 0.2) is 72.8 Å². The molecular weight excluding hydrogens is 483 g/mol. The van der Waals surface area contributed by atoms with Crippen LogP contribution in [0.2, 0.25) is 15.1 Å². The number of benzene rings is 3. The maximum Gasteiger partial charge on any atom is 0.336 e. The first-order chi connectivity index (χ1) is 15.9. The molecule has 0 aliphatic heterocycles. The van der Waals surface area contributed by atoms with Gasteiger partial charge in [0.25, 0.3) is 0 Å². The second-order valence-corrected chi connectivity index (χ2v) is 8.32. The van der Waals surface area contributed by atoms with Gasteiger partial charge < -0.3 is 9.84 Å². The van der Waals surface area contributed by atoms with Gasteiger partial charge in [0, 0.05) is 10.6 Å². The number of ether oxygens (including phenoxy) is 1. The maximum absolute atomic E-state index is 12.0. The van der Waals surface area contributed by atoms with Crippen molar-refractivity contribution in [1.82, 2.24) is 9.78 Å². The number of hydrogen-bond donors (Lipinski definition) is 1. The Balaban J connectivity index is 1.88.